The maximum Gasteiger partial charge on any atom is 0.340 e. The molecule has 1 unspecified atom stereocenters. The zero-order valence-electron chi connectivity index (χ0n) is 11.1. The van der Waals surface area contributed by atoms with Gasteiger partial charge < -0.3 is 9.84 Å². The summed E-state index contributed by atoms with van der Waals surface area (Å²) < 4.78 is 18.2. The van der Waals surface area contributed by atoms with E-state index in [1.165, 1.54) is 30.2 Å². The van der Waals surface area contributed by atoms with Gasteiger partial charge in [-0.3, -0.25) is 0 Å². The standard InChI is InChI=1S/C13H14FN3O3/c1-3-12(18)11-7-15-17(16-11)8-4-5-9(10(14)6-8)13(19)20-2/h4-7,12,18H,3H2,1-2H3. The molecule has 20 heavy (non-hydrogen) atoms. The van der Waals surface area contributed by atoms with Crippen LogP contribution in [0.25, 0.3) is 5.69 Å². The molecule has 0 radical (unpaired) electrons. The fourth-order valence-electron chi connectivity index (χ4n) is 1.67. The van der Waals surface area contributed by atoms with Crippen LogP contribution in [0, 0.1) is 5.82 Å². The second-order valence-electron chi connectivity index (χ2n) is 4.14. The number of rotatable bonds is 4. The Hall–Kier alpha value is -2.28. The van der Waals surface area contributed by atoms with Crippen LogP contribution >= 0.6 is 0 Å². The molecule has 1 N–H and O–H groups in total. The number of methoxy groups -OCH3 is 1. The lowest BCUT2D eigenvalue weighted by Crippen LogP contribution is -2.07. The fourth-order valence-corrected chi connectivity index (χ4v) is 1.67. The van der Waals surface area contributed by atoms with Crippen molar-refractivity contribution in [3.63, 3.8) is 0 Å². The van der Waals surface area contributed by atoms with E-state index in [1.807, 2.05) is 6.92 Å². The Bertz CT molecular complexity index is 627. The van der Waals surface area contributed by atoms with Crippen LogP contribution in [0.2, 0.25) is 0 Å². The van der Waals surface area contributed by atoms with Gasteiger partial charge in [0.15, 0.2) is 0 Å². The lowest BCUT2D eigenvalue weighted by Gasteiger charge is -2.04. The number of aliphatic hydroxyl groups is 1. The van der Waals surface area contributed by atoms with E-state index in [1.54, 1.807) is 0 Å². The lowest BCUT2D eigenvalue weighted by molar-refractivity contribution is 0.0595. The molecule has 2 rings (SSSR count). The lowest BCUT2D eigenvalue weighted by atomic mass is 10.2. The normalized spacial score (nSPS) is 12.2. The van der Waals surface area contributed by atoms with Crippen LogP contribution in [0.5, 0.6) is 0 Å². The van der Waals surface area contributed by atoms with Gasteiger partial charge in [-0.05, 0) is 18.6 Å². The maximum absolute atomic E-state index is 13.8. The van der Waals surface area contributed by atoms with Gasteiger partial charge in [0.05, 0.1) is 30.7 Å². The number of benzene rings is 1. The summed E-state index contributed by atoms with van der Waals surface area (Å²) in [5.74, 6) is -1.46. The van der Waals surface area contributed by atoms with Crippen molar-refractivity contribution in [3.8, 4) is 5.69 Å². The van der Waals surface area contributed by atoms with E-state index < -0.39 is 17.9 Å². The molecule has 0 saturated carbocycles. The van der Waals surface area contributed by atoms with Crippen molar-refractivity contribution >= 4 is 5.97 Å². The molecule has 1 atom stereocenters. The first-order valence-corrected chi connectivity index (χ1v) is 6.05. The second-order valence-corrected chi connectivity index (χ2v) is 4.14. The number of ether oxygens (including phenoxy) is 1. The van der Waals surface area contributed by atoms with Crippen LogP contribution in [-0.4, -0.2) is 33.2 Å². The minimum Gasteiger partial charge on any atom is -0.465 e. The Morgan fingerprint density at radius 3 is 2.90 bits per heavy atom. The highest BCUT2D eigenvalue weighted by atomic mass is 19.1. The summed E-state index contributed by atoms with van der Waals surface area (Å²) in [6.07, 6.45) is 1.22. The van der Waals surface area contributed by atoms with E-state index in [0.717, 1.165) is 6.07 Å². The van der Waals surface area contributed by atoms with E-state index in [4.69, 9.17) is 0 Å². The predicted molar refractivity (Wildman–Crippen MR) is 67.9 cm³/mol. The molecule has 0 amide bonds. The van der Waals surface area contributed by atoms with Gasteiger partial charge in [0.2, 0.25) is 0 Å². The summed E-state index contributed by atoms with van der Waals surface area (Å²) in [5.41, 5.74) is 0.604. The van der Waals surface area contributed by atoms with Gasteiger partial charge in [-0.1, -0.05) is 6.92 Å². The van der Waals surface area contributed by atoms with Gasteiger partial charge in [0.25, 0.3) is 0 Å². The highest BCUT2D eigenvalue weighted by Crippen LogP contribution is 2.16. The van der Waals surface area contributed by atoms with Gasteiger partial charge in [-0.2, -0.15) is 15.0 Å². The van der Waals surface area contributed by atoms with Gasteiger partial charge in [-0.15, -0.1) is 0 Å². The van der Waals surface area contributed by atoms with Crippen LogP contribution in [-0.2, 0) is 4.74 Å². The molecule has 0 fully saturated rings. The molecule has 106 valence electrons. The summed E-state index contributed by atoms with van der Waals surface area (Å²) in [4.78, 5) is 12.5. The van der Waals surface area contributed by atoms with Crippen LogP contribution < -0.4 is 0 Å². The molecule has 2 aromatic rings. The van der Waals surface area contributed by atoms with Crippen molar-refractivity contribution in [3.05, 3.63) is 41.5 Å². The molecule has 7 heteroatoms. The first-order valence-electron chi connectivity index (χ1n) is 6.05. The molecule has 0 bridgehead atoms. The molecule has 1 aromatic heterocycles. The summed E-state index contributed by atoms with van der Waals surface area (Å²) in [5, 5.41) is 17.7. The number of hydrogen-bond acceptors (Lipinski definition) is 5. The Kier molecular flexibility index (Phi) is 4.09. The third-order valence-corrected chi connectivity index (χ3v) is 2.83. The van der Waals surface area contributed by atoms with Crippen LogP contribution in [0.3, 0.4) is 0 Å². The van der Waals surface area contributed by atoms with E-state index in [-0.39, 0.29) is 5.56 Å². The minimum absolute atomic E-state index is 0.155. The number of aliphatic hydroxyl groups excluding tert-OH is 1. The molecular weight excluding hydrogens is 265 g/mol. The summed E-state index contributed by atoms with van der Waals surface area (Å²) in [6.45, 7) is 1.81. The highest BCUT2D eigenvalue weighted by molar-refractivity contribution is 5.89. The number of halogens is 1. The van der Waals surface area contributed by atoms with Crippen LogP contribution in [0.1, 0.15) is 35.5 Å². The summed E-state index contributed by atoms with van der Waals surface area (Å²) in [7, 11) is 1.18. The van der Waals surface area contributed by atoms with Crippen molar-refractivity contribution < 1.29 is 19.0 Å². The van der Waals surface area contributed by atoms with E-state index in [2.05, 4.69) is 14.9 Å². The van der Waals surface area contributed by atoms with Crippen molar-refractivity contribution in [1.82, 2.24) is 15.0 Å². The van der Waals surface area contributed by atoms with Crippen molar-refractivity contribution in [2.24, 2.45) is 0 Å². The SMILES string of the molecule is CCC(O)c1cnn(-c2ccc(C(=O)OC)c(F)c2)n1. The first-order chi connectivity index (χ1) is 9.56. The number of esters is 1. The number of carbonyl (C=O) groups excluding carboxylic acids is 1. The van der Waals surface area contributed by atoms with E-state index in [0.29, 0.717) is 17.8 Å². The monoisotopic (exact) mass is 279 g/mol. The topological polar surface area (TPSA) is 77.2 Å². The third kappa shape index (κ3) is 2.67. The van der Waals surface area contributed by atoms with Gasteiger partial charge in [0.1, 0.15) is 11.5 Å². The molecule has 6 nitrogen and oxygen atoms in total. The molecular formula is C13H14FN3O3. The first kappa shape index (κ1) is 14.1. The number of hydrogen-bond donors (Lipinski definition) is 1. The summed E-state index contributed by atoms with van der Waals surface area (Å²) in [6, 6.07) is 3.93. The molecule has 0 aliphatic heterocycles. The quantitative estimate of drug-likeness (QED) is 0.861. The Labute approximate surface area is 114 Å². The molecule has 0 saturated heterocycles. The third-order valence-electron chi connectivity index (χ3n) is 2.83. The maximum atomic E-state index is 13.8. The highest BCUT2D eigenvalue weighted by Gasteiger charge is 2.15. The smallest absolute Gasteiger partial charge is 0.340 e. The second kappa shape index (κ2) is 5.79. The predicted octanol–water partition coefficient (Wildman–Crippen LogP) is 1.64. The number of aromatic nitrogens is 3. The van der Waals surface area contributed by atoms with Crippen molar-refractivity contribution in [2.75, 3.05) is 7.11 Å². The average molecular weight is 279 g/mol. The van der Waals surface area contributed by atoms with E-state index in [9.17, 15) is 14.3 Å². The Balaban J connectivity index is 2.32. The van der Waals surface area contributed by atoms with Gasteiger partial charge in [-0.25, -0.2) is 9.18 Å². The van der Waals surface area contributed by atoms with Crippen molar-refractivity contribution in [2.45, 2.75) is 19.4 Å². The molecule has 0 aliphatic carbocycles. The average Bonchev–Trinajstić information content (AvgIpc) is 2.95. The van der Waals surface area contributed by atoms with E-state index >= 15 is 0 Å². The number of nitrogens with zero attached hydrogens (tertiary/aromatic N) is 3. The van der Waals surface area contributed by atoms with Gasteiger partial charge in [0, 0.05) is 6.07 Å². The zero-order chi connectivity index (χ0) is 14.7. The van der Waals surface area contributed by atoms with Crippen LogP contribution in [0.4, 0.5) is 4.39 Å². The fraction of sp³-hybridized carbons (Fsp3) is 0.308. The largest absolute Gasteiger partial charge is 0.465 e. The molecule has 1 heterocycles. The Morgan fingerprint density at radius 1 is 1.55 bits per heavy atom. The van der Waals surface area contributed by atoms with Crippen LogP contribution in [0.15, 0.2) is 24.4 Å². The zero-order valence-corrected chi connectivity index (χ0v) is 11.1. The minimum atomic E-state index is -0.746. The molecule has 0 aliphatic rings. The number of carbonyl (C=O) groups is 1. The Morgan fingerprint density at radius 2 is 2.30 bits per heavy atom. The van der Waals surface area contributed by atoms with Gasteiger partial charge >= 0.3 is 5.97 Å². The molecule has 0 spiro atoms. The molecule has 1 aromatic carbocycles. The van der Waals surface area contributed by atoms with Crippen molar-refractivity contribution in [1.29, 1.82) is 0 Å². The summed E-state index contributed by atoms with van der Waals surface area (Å²) >= 11 is 0.